The molecule has 172 valence electrons. The zero-order chi connectivity index (χ0) is 24.0. The van der Waals surface area contributed by atoms with Crippen LogP contribution in [0.3, 0.4) is 0 Å². The summed E-state index contributed by atoms with van der Waals surface area (Å²) in [5.41, 5.74) is 2.56. The lowest BCUT2D eigenvalue weighted by Crippen LogP contribution is -2.34. The Morgan fingerprint density at radius 2 is 1.29 bits per heavy atom. The van der Waals surface area contributed by atoms with Crippen molar-refractivity contribution in [1.82, 2.24) is 0 Å². The van der Waals surface area contributed by atoms with Gasteiger partial charge in [0, 0.05) is 5.56 Å². The smallest absolute Gasteiger partial charge is 0.266 e. The Kier molecular flexibility index (Phi) is 7.21. The van der Waals surface area contributed by atoms with Gasteiger partial charge >= 0.3 is 0 Å². The molecule has 1 amide bonds. The van der Waals surface area contributed by atoms with Crippen LogP contribution in [0.25, 0.3) is 0 Å². The zero-order valence-corrected chi connectivity index (χ0v) is 19.6. The molecular weight excluding hydrogens is 446 g/mol. The van der Waals surface area contributed by atoms with E-state index >= 15 is 0 Å². The molecule has 4 aromatic carbocycles. The summed E-state index contributed by atoms with van der Waals surface area (Å²) in [5, 5.41) is 1.18. The summed E-state index contributed by atoms with van der Waals surface area (Å²) in [4.78, 5) is 19.9. The van der Waals surface area contributed by atoms with Crippen LogP contribution in [0, 0.1) is 6.92 Å². The van der Waals surface area contributed by atoms with Crippen molar-refractivity contribution < 1.29 is 18.0 Å². The number of hydrogen-bond donors (Lipinski definition) is 0. The molecule has 0 saturated heterocycles. The van der Waals surface area contributed by atoms with Crippen molar-refractivity contribution in [2.75, 3.05) is 10.8 Å². The Balaban J connectivity index is 1.72. The first-order chi connectivity index (χ1) is 16.4. The average molecular weight is 472 g/mol. The predicted molar refractivity (Wildman–Crippen MR) is 133 cm³/mol. The van der Waals surface area contributed by atoms with E-state index in [1.165, 1.54) is 5.06 Å². The van der Waals surface area contributed by atoms with Gasteiger partial charge in [-0.05, 0) is 48.9 Å². The van der Waals surface area contributed by atoms with Gasteiger partial charge in [0.1, 0.15) is 6.10 Å². The molecule has 6 heteroatoms. The van der Waals surface area contributed by atoms with Crippen molar-refractivity contribution in [3.05, 3.63) is 132 Å². The van der Waals surface area contributed by atoms with Crippen molar-refractivity contribution in [2.45, 2.75) is 17.9 Å². The van der Waals surface area contributed by atoms with Crippen LogP contribution in [0.1, 0.15) is 27.6 Å². The van der Waals surface area contributed by atoms with Crippen LogP contribution in [0.4, 0.5) is 5.69 Å². The summed E-state index contributed by atoms with van der Waals surface area (Å²) in [5.74, 6) is -0.716. The molecule has 0 aliphatic rings. The molecule has 0 spiro atoms. The molecule has 0 fully saturated rings. The highest BCUT2D eigenvalue weighted by atomic mass is 32.2. The molecule has 4 aromatic rings. The first-order valence-corrected chi connectivity index (χ1v) is 12.5. The largest absolute Gasteiger partial charge is 0.282 e. The van der Waals surface area contributed by atoms with Crippen molar-refractivity contribution >= 4 is 21.4 Å². The monoisotopic (exact) mass is 471 g/mol. The summed E-state index contributed by atoms with van der Waals surface area (Å²) in [6, 6.07) is 33.5. The standard InChI is InChI=1S/C28H25NO4S/c1-22-17-19-26(20-18-22)34(31,32)21-27(23-11-5-2-6-12-23)33-29(25-15-9-4-10-16-25)28(30)24-13-7-3-8-14-24/h2-20,27H,21H2,1H3. The minimum absolute atomic E-state index is 0.211. The lowest BCUT2D eigenvalue weighted by Gasteiger charge is -2.28. The average Bonchev–Trinajstić information content (AvgIpc) is 2.88. The summed E-state index contributed by atoms with van der Waals surface area (Å²) in [6.07, 6.45) is -0.916. The second-order valence-corrected chi connectivity index (χ2v) is 9.93. The molecule has 1 unspecified atom stereocenters. The van der Waals surface area contributed by atoms with E-state index in [2.05, 4.69) is 0 Å². The molecule has 4 rings (SSSR count). The molecule has 1 atom stereocenters. The van der Waals surface area contributed by atoms with Gasteiger partial charge in [0.2, 0.25) is 0 Å². The maximum atomic E-state index is 13.4. The Hall–Kier alpha value is -3.74. The highest BCUT2D eigenvalue weighted by Crippen LogP contribution is 2.28. The molecule has 0 bridgehead atoms. The molecule has 0 N–H and O–H groups in total. The van der Waals surface area contributed by atoms with E-state index in [4.69, 9.17) is 4.84 Å². The third-order valence-electron chi connectivity index (χ3n) is 5.35. The van der Waals surface area contributed by atoms with Crippen molar-refractivity contribution in [1.29, 1.82) is 0 Å². The van der Waals surface area contributed by atoms with Crippen LogP contribution in [-0.4, -0.2) is 20.1 Å². The minimum Gasteiger partial charge on any atom is -0.266 e. The van der Waals surface area contributed by atoms with Gasteiger partial charge in [-0.15, -0.1) is 0 Å². The predicted octanol–water partition coefficient (Wildman–Crippen LogP) is 5.79. The van der Waals surface area contributed by atoms with E-state index in [9.17, 15) is 13.2 Å². The van der Waals surface area contributed by atoms with Gasteiger partial charge < -0.3 is 0 Å². The molecule has 5 nitrogen and oxygen atoms in total. The summed E-state index contributed by atoms with van der Waals surface area (Å²) in [6.45, 7) is 1.90. The minimum atomic E-state index is -3.71. The van der Waals surface area contributed by atoms with Gasteiger partial charge in [0.25, 0.3) is 5.91 Å². The second-order valence-electron chi connectivity index (χ2n) is 7.90. The van der Waals surface area contributed by atoms with Gasteiger partial charge in [-0.1, -0.05) is 84.4 Å². The number of amides is 1. The van der Waals surface area contributed by atoms with Crippen molar-refractivity contribution in [3.63, 3.8) is 0 Å². The molecule has 34 heavy (non-hydrogen) atoms. The van der Waals surface area contributed by atoms with Crippen LogP contribution in [0.15, 0.2) is 120 Å². The van der Waals surface area contributed by atoms with E-state index in [-0.39, 0.29) is 16.6 Å². The first kappa shape index (κ1) is 23.4. The van der Waals surface area contributed by atoms with Crippen LogP contribution >= 0.6 is 0 Å². The molecule has 0 saturated carbocycles. The highest BCUT2D eigenvalue weighted by molar-refractivity contribution is 7.91. The fourth-order valence-corrected chi connectivity index (χ4v) is 4.91. The lowest BCUT2D eigenvalue weighted by atomic mass is 10.1. The number of hydrogen-bond acceptors (Lipinski definition) is 4. The number of para-hydroxylation sites is 1. The van der Waals surface area contributed by atoms with Gasteiger partial charge in [-0.3, -0.25) is 9.63 Å². The molecular formula is C28H25NO4S. The number of nitrogens with zero attached hydrogens (tertiary/aromatic N) is 1. The number of carbonyl (C=O) groups excluding carboxylic acids is 1. The molecule has 0 aliphatic heterocycles. The SMILES string of the molecule is Cc1ccc(S(=O)(=O)CC(ON(C(=O)c2ccccc2)c2ccccc2)c2ccccc2)cc1. The van der Waals surface area contributed by atoms with E-state index in [1.807, 2.05) is 37.3 Å². The van der Waals surface area contributed by atoms with Gasteiger partial charge in [-0.2, -0.15) is 5.06 Å². The Labute approximate surface area is 200 Å². The molecule has 0 radical (unpaired) electrons. The van der Waals surface area contributed by atoms with Crippen LogP contribution in [0.2, 0.25) is 0 Å². The Morgan fingerprint density at radius 1 is 0.765 bits per heavy atom. The summed E-state index contributed by atoms with van der Waals surface area (Å²) in [7, 11) is -3.71. The third kappa shape index (κ3) is 5.60. The molecule has 0 aliphatic carbocycles. The Morgan fingerprint density at radius 3 is 1.88 bits per heavy atom. The van der Waals surface area contributed by atoms with Crippen molar-refractivity contribution in [2.24, 2.45) is 0 Å². The van der Waals surface area contributed by atoms with Crippen molar-refractivity contribution in [3.8, 4) is 0 Å². The van der Waals surface area contributed by atoms with Crippen LogP contribution in [0.5, 0.6) is 0 Å². The lowest BCUT2D eigenvalue weighted by molar-refractivity contribution is 0.0357. The number of benzene rings is 4. The number of rotatable bonds is 8. The Bertz CT molecular complexity index is 1320. The second kappa shape index (κ2) is 10.5. The van der Waals surface area contributed by atoms with Gasteiger partial charge in [0.15, 0.2) is 9.84 Å². The molecule has 0 heterocycles. The number of sulfone groups is 1. The highest BCUT2D eigenvalue weighted by Gasteiger charge is 2.29. The topological polar surface area (TPSA) is 63.7 Å². The van der Waals surface area contributed by atoms with Crippen LogP contribution in [-0.2, 0) is 14.7 Å². The number of aryl methyl sites for hydroxylation is 1. The fourth-order valence-electron chi connectivity index (χ4n) is 3.51. The summed E-state index contributed by atoms with van der Waals surface area (Å²) < 4.78 is 26.6. The number of carbonyl (C=O) groups is 1. The zero-order valence-electron chi connectivity index (χ0n) is 18.7. The van der Waals surface area contributed by atoms with Gasteiger partial charge in [0.05, 0.1) is 16.3 Å². The quantitative estimate of drug-likeness (QED) is 0.305. The maximum absolute atomic E-state index is 13.4. The normalized spacial score (nSPS) is 12.1. The number of anilines is 1. The van der Waals surface area contributed by atoms with E-state index in [1.54, 1.807) is 84.9 Å². The van der Waals surface area contributed by atoms with E-state index in [0.29, 0.717) is 16.8 Å². The van der Waals surface area contributed by atoms with E-state index < -0.39 is 15.9 Å². The van der Waals surface area contributed by atoms with E-state index in [0.717, 1.165) is 5.56 Å². The summed E-state index contributed by atoms with van der Waals surface area (Å²) >= 11 is 0. The fraction of sp³-hybridized carbons (Fsp3) is 0.107. The third-order valence-corrected chi connectivity index (χ3v) is 7.08. The maximum Gasteiger partial charge on any atom is 0.282 e. The van der Waals surface area contributed by atoms with Crippen LogP contribution < -0.4 is 5.06 Å². The number of hydroxylamine groups is 1. The molecule has 0 aromatic heterocycles. The first-order valence-electron chi connectivity index (χ1n) is 10.9. The van der Waals surface area contributed by atoms with Gasteiger partial charge in [-0.25, -0.2) is 8.42 Å².